The molecule has 1 heterocycles. The number of hydrazine groups is 1. The predicted molar refractivity (Wildman–Crippen MR) is 76.4 cm³/mol. The Morgan fingerprint density at radius 3 is 2.94 bits per heavy atom. The van der Waals surface area contributed by atoms with Gasteiger partial charge in [0.25, 0.3) is 0 Å². The first-order valence-corrected chi connectivity index (χ1v) is 8.19. The van der Waals surface area contributed by atoms with Crippen molar-refractivity contribution in [3.05, 3.63) is 16.1 Å². The van der Waals surface area contributed by atoms with E-state index in [4.69, 9.17) is 5.84 Å². The molecule has 1 aliphatic rings. The van der Waals surface area contributed by atoms with Gasteiger partial charge in [0.1, 0.15) is 0 Å². The van der Waals surface area contributed by atoms with Gasteiger partial charge >= 0.3 is 0 Å². The maximum atomic E-state index is 5.62. The fourth-order valence-electron chi connectivity index (χ4n) is 2.23. The zero-order valence-corrected chi connectivity index (χ0v) is 11.9. The van der Waals surface area contributed by atoms with Crippen LogP contribution in [0, 0.1) is 6.92 Å². The molecule has 96 valence electrons. The molecule has 0 saturated heterocycles. The number of nitrogens with two attached hydrogens (primary N) is 1. The molecule has 0 radical (unpaired) electrons. The van der Waals surface area contributed by atoms with Gasteiger partial charge in [-0.15, -0.1) is 11.3 Å². The Kier molecular flexibility index (Phi) is 5.28. The van der Waals surface area contributed by atoms with Crippen LogP contribution in [0.4, 0.5) is 0 Å². The molecule has 17 heavy (non-hydrogen) atoms. The fraction of sp³-hybridized carbons (Fsp3) is 0.750. The normalized spacial score (nSPS) is 18.7. The summed E-state index contributed by atoms with van der Waals surface area (Å²) in [5.74, 6) is 6.72. The maximum Gasteiger partial charge on any atom is 0.0897 e. The third-order valence-corrected chi connectivity index (χ3v) is 5.55. The van der Waals surface area contributed by atoms with E-state index in [0.29, 0.717) is 6.04 Å². The quantitative estimate of drug-likeness (QED) is 0.616. The Balaban J connectivity index is 1.75. The standard InChI is InChI=1S/C12H21N3S2/c1-9-14-10(7-16-9)6-11(15-13)8-17-12-4-2-3-5-12/h7,11-12,15H,2-6,8,13H2,1H3. The number of hydrogen-bond donors (Lipinski definition) is 2. The molecule has 3 N–H and O–H groups in total. The molecule has 0 aromatic carbocycles. The van der Waals surface area contributed by atoms with E-state index in [-0.39, 0.29) is 0 Å². The lowest BCUT2D eigenvalue weighted by atomic mass is 10.2. The minimum atomic E-state index is 0.349. The number of hydrogen-bond acceptors (Lipinski definition) is 5. The van der Waals surface area contributed by atoms with E-state index in [1.165, 1.54) is 31.4 Å². The minimum absolute atomic E-state index is 0.349. The van der Waals surface area contributed by atoms with Crippen LogP contribution in [0.3, 0.4) is 0 Å². The van der Waals surface area contributed by atoms with Gasteiger partial charge in [0.15, 0.2) is 0 Å². The summed E-state index contributed by atoms with van der Waals surface area (Å²) < 4.78 is 0. The average molecular weight is 271 g/mol. The van der Waals surface area contributed by atoms with Gasteiger partial charge in [-0.2, -0.15) is 11.8 Å². The summed E-state index contributed by atoms with van der Waals surface area (Å²) in [5.41, 5.74) is 4.10. The van der Waals surface area contributed by atoms with Crippen molar-refractivity contribution >= 4 is 23.1 Å². The zero-order chi connectivity index (χ0) is 12.1. The molecule has 0 bridgehead atoms. The maximum absolute atomic E-state index is 5.62. The van der Waals surface area contributed by atoms with Crippen molar-refractivity contribution in [3.63, 3.8) is 0 Å². The van der Waals surface area contributed by atoms with Gasteiger partial charge in [-0.05, 0) is 19.8 Å². The third kappa shape index (κ3) is 4.25. The van der Waals surface area contributed by atoms with Crippen molar-refractivity contribution in [2.75, 3.05) is 5.75 Å². The Morgan fingerprint density at radius 1 is 1.59 bits per heavy atom. The number of aromatic nitrogens is 1. The lowest BCUT2D eigenvalue weighted by Crippen LogP contribution is -2.39. The highest BCUT2D eigenvalue weighted by molar-refractivity contribution is 7.99. The molecule has 2 rings (SSSR count). The first kappa shape index (κ1) is 13.3. The Bertz CT molecular complexity index is 334. The summed E-state index contributed by atoms with van der Waals surface area (Å²) in [6, 6.07) is 0.349. The van der Waals surface area contributed by atoms with Crippen LogP contribution in [0.5, 0.6) is 0 Å². The van der Waals surface area contributed by atoms with Gasteiger partial charge in [0.05, 0.1) is 10.7 Å². The second kappa shape index (κ2) is 6.73. The van der Waals surface area contributed by atoms with E-state index in [0.717, 1.165) is 22.4 Å². The van der Waals surface area contributed by atoms with Crippen molar-refractivity contribution in [2.24, 2.45) is 5.84 Å². The monoisotopic (exact) mass is 271 g/mol. The van der Waals surface area contributed by atoms with E-state index in [1.54, 1.807) is 11.3 Å². The zero-order valence-electron chi connectivity index (χ0n) is 10.3. The molecule has 1 aliphatic carbocycles. The van der Waals surface area contributed by atoms with Crippen LogP contribution in [0.15, 0.2) is 5.38 Å². The number of nitrogens with one attached hydrogen (secondary N) is 1. The molecule has 0 aliphatic heterocycles. The molecule has 5 heteroatoms. The summed E-state index contributed by atoms with van der Waals surface area (Å²) in [5, 5.41) is 4.14. The van der Waals surface area contributed by atoms with E-state index >= 15 is 0 Å². The van der Waals surface area contributed by atoms with Crippen molar-refractivity contribution in [3.8, 4) is 0 Å². The molecule has 1 unspecified atom stereocenters. The second-order valence-corrected chi connectivity index (χ2v) is 7.06. The van der Waals surface area contributed by atoms with Gasteiger partial charge in [-0.3, -0.25) is 11.3 Å². The van der Waals surface area contributed by atoms with Crippen LogP contribution in [0.2, 0.25) is 0 Å². The fourth-order valence-corrected chi connectivity index (χ4v) is 4.24. The summed E-state index contributed by atoms with van der Waals surface area (Å²) in [4.78, 5) is 4.49. The number of thioether (sulfide) groups is 1. The highest BCUT2D eigenvalue weighted by Crippen LogP contribution is 2.29. The lowest BCUT2D eigenvalue weighted by molar-refractivity contribution is 0.569. The Morgan fingerprint density at radius 2 is 2.35 bits per heavy atom. The van der Waals surface area contributed by atoms with Crippen LogP contribution in [0.1, 0.15) is 36.4 Å². The van der Waals surface area contributed by atoms with E-state index in [9.17, 15) is 0 Å². The molecule has 3 nitrogen and oxygen atoms in total. The minimum Gasteiger partial charge on any atom is -0.271 e. The molecule has 1 aromatic heterocycles. The molecule has 0 spiro atoms. The number of rotatable bonds is 6. The molecule has 0 amide bonds. The lowest BCUT2D eigenvalue weighted by Gasteiger charge is -2.16. The highest BCUT2D eigenvalue weighted by atomic mass is 32.2. The molecule has 1 saturated carbocycles. The van der Waals surface area contributed by atoms with Gasteiger partial charge in [-0.25, -0.2) is 4.98 Å². The molecule has 1 aromatic rings. The summed E-state index contributed by atoms with van der Waals surface area (Å²) in [6.45, 7) is 2.05. The van der Waals surface area contributed by atoms with Crippen LogP contribution >= 0.6 is 23.1 Å². The van der Waals surface area contributed by atoms with E-state index in [1.807, 2.05) is 6.92 Å². The molecular weight excluding hydrogens is 250 g/mol. The number of aryl methyl sites for hydroxylation is 1. The second-order valence-electron chi connectivity index (χ2n) is 4.67. The SMILES string of the molecule is Cc1nc(CC(CSC2CCCC2)NN)cs1. The van der Waals surface area contributed by atoms with Gasteiger partial charge < -0.3 is 0 Å². The van der Waals surface area contributed by atoms with E-state index in [2.05, 4.69) is 27.6 Å². The predicted octanol–water partition coefficient (Wildman–Crippen LogP) is 2.50. The number of nitrogens with zero attached hydrogens (tertiary/aromatic N) is 1. The van der Waals surface area contributed by atoms with Crippen LogP contribution in [-0.4, -0.2) is 22.0 Å². The Hall–Kier alpha value is -0.100. The molecule has 1 fully saturated rings. The van der Waals surface area contributed by atoms with Crippen LogP contribution in [-0.2, 0) is 6.42 Å². The van der Waals surface area contributed by atoms with Crippen LogP contribution < -0.4 is 11.3 Å². The van der Waals surface area contributed by atoms with Gasteiger partial charge in [0.2, 0.25) is 0 Å². The Labute approximate surface area is 112 Å². The van der Waals surface area contributed by atoms with Crippen molar-refractivity contribution < 1.29 is 0 Å². The first-order chi connectivity index (χ1) is 8.28. The summed E-state index contributed by atoms with van der Waals surface area (Å²) in [6.07, 6.45) is 6.53. The summed E-state index contributed by atoms with van der Waals surface area (Å²) in [7, 11) is 0. The largest absolute Gasteiger partial charge is 0.271 e. The van der Waals surface area contributed by atoms with Crippen molar-refractivity contribution in [1.82, 2.24) is 10.4 Å². The molecule has 1 atom stereocenters. The third-order valence-electron chi connectivity index (χ3n) is 3.19. The van der Waals surface area contributed by atoms with Gasteiger partial charge in [-0.1, -0.05) is 12.8 Å². The van der Waals surface area contributed by atoms with Gasteiger partial charge in [0, 0.05) is 28.8 Å². The first-order valence-electron chi connectivity index (χ1n) is 6.26. The van der Waals surface area contributed by atoms with Crippen molar-refractivity contribution in [2.45, 2.75) is 50.3 Å². The van der Waals surface area contributed by atoms with Crippen molar-refractivity contribution in [1.29, 1.82) is 0 Å². The van der Waals surface area contributed by atoms with Crippen LogP contribution in [0.25, 0.3) is 0 Å². The average Bonchev–Trinajstić information content (AvgIpc) is 2.96. The smallest absolute Gasteiger partial charge is 0.0897 e. The summed E-state index contributed by atoms with van der Waals surface area (Å²) >= 11 is 3.79. The van der Waals surface area contributed by atoms with E-state index < -0.39 is 0 Å². The number of thiazole rings is 1. The molecular formula is C12H21N3S2. The highest BCUT2D eigenvalue weighted by Gasteiger charge is 2.18. The topological polar surface area (TPSA) is 50.9 Å².